The van der Waals surface area contributed by atoms with Crippen molar-refractivity contribution in [3.05, 3.63) is 81.5 Å². The molecule has 0 bridgehead atoms. The molecule has 1 amide bonds. The Labute approximate surface area is 198 Å². The van der Waals surface area contributed by atoms with Crippen molar-refractivity contribution in [3.8, 4) is 0 Å². The summed E-state index contributed by atoms with van der Waals surface area (Å²) in [6.07, 6.45) is 1.74. The first-order chi connectivity index (χ1) is 15.9. The lowest BCUT2D eigenvalue weighted by molar-refractivity contribution is 0.0932. The van der Waals surface area contributed by atoms with Crippen LogP contribution in [0, 0.1) is 0 Å². The van der Waals surface area contributed by atoms with Crippen molar-refractivity contribution < 1.29 is 13.2 Å². The zero-order valence-corrected chi connectivity index (χ0v) is 20.2. The van der Waals surface area contributed by atoms with E-state index in [2.05, 4.69) is 28.6 Å². The van der Waals surface area contributed by atoms with Gasteiger partial charge in [-0.3, -0.25) is 14.0 Å². The molecule has 0 saturated heterocycles. The number of rotatable bonds is 6. The lowest BCUT2D eigenvalue weighted by Gasteiger charge is -2.32. The predicted octanol–water partition coefficient (Wildman–Crippen LogP) is 3.68. The second-order valence-corrected chi connectivity index (χ2v) is 11.5. The van der Waals surface area contributed by atoms with Crippen LogP contribution in [0.3, 0.4) is 0 Å². The predicted molar refractivity (Wildman–Crippen MR) is 131 cm³/mol. The van der Waals surface area contributed by atoms with Gasteiger partial charge in [0.15, 0.2) is 0 Å². The number of nitrogens with zero attached hydrogens (tertiary/aromatic N) is 2. The molecule has 3 heterocycles. The normalized spacial score (nSPS) is 16.8. The SMILES string of the molecule is CC(CNC(=O)c1cccc(S(=O)(=O)N2CCc3ccccc32)c1)N1CCc2sccc2C1. The van der Waals surface area contributed by atoms with Gasteiger partial charge in [0, 0.05) is 42.7 Å². The summed E-state index contributed by atoms with van der Waals surface area (Å²) in [4.78, 5) is 16.8. The molecule has 0 spiro atoms. The molecule has 0 radical (unpaired) electrons. The molecule has 0 saturated carbocycles. The minimum atomic E-state index is -3.73. The summed E-state index contributed by atoms with van der Waals surface area (Å²) in [5.41, 5.74) is 3.48. The van der Waals surface area contributed by atoms with Crippen molar-refractivity contribution >= 4 is 33.0 Å². The van der Waals surface area contributed by atoms with E-state index in [1.165, 1.54) is 20.8 Å². The molecule has 1 N–H and O–H groups in total. The smallest absolute Gasteiger partial charge is 0.264 e. The number of amides is 1. The van der Waals surface area contributed by atoms with E-state index < -0.39 is 10.0 Å². The summed E-state index contributed by atoms with van der Waals surface area (Å²) in [6, 6.07) is 16.3. The summed E-state index contributed by atoms with van der Waals surface area (Å²) in [7, 11) is -3.73. The lowest BCUT2D eigenvalue weighted by atomic mass is 10.1. The van der Waals surface area contributed by atoms with Crippen LogP contribution < -0.4 is 9.62 Å². The highest BCUT2D eigenvalue weighted by atomic mass is 32.2. The van der Waals surface area contributed by atoms with E-state index in [0.717, 1.165) is 30.8 Å². The van der Waals surface area contributed by atoms with Gasteiger partial charge in [0.05, 0.1) is 10.6 Å². The molecule has 1 atom stereocenters. The highest BCUT2D eigenvalue weighted by Gasteiger charge is 2.31. The van der Waals surface area contributed by atoms with Gasteiger partial charge in [-0.1, -0.05) is 24.3 Å². The highest BCUT2D eigenvalue weighted by molar-refractivity contribution is 7.92. The van der Waals surface area contributed by atoms with Crippen LogP contribution >= 0.6 is 11.3 Å². The fourth-order valence-corrected chi connectivity index (χ4v) is 7.04. The molecule has 6 nitrogen and oxygen atoms in total. The number of benzene rings is 2. The van der Waals surface area contributed by atoms with Crippen molar-refractivity contribution in [3.63, 3.8) is 0 Å². The molecule has 2 aliphatic heterocycles. The van der Waals surface area contributed by atoms with Crippen LogP contribution in [0.2, 0.25) is 0 Å². The van der Waals surface area contributed by atoms with Crippen LogP contribution in [0.1, 0.15) is 33.3 Å². The minimum absolute atomic E-state index is 0.140. The average Bonchev–Trinajstić information content (AvgIpc) is 3.49. The number of hydrogen-bond acceptors (Lipinski definition) is 5. The van der Waals surface area contributed by atoms with E-state index in [9.17, 15) is 13.2 Å². The number of fused-ring (bicyclic) bond motifs is 2. The second kappa shape index (κ2) is 8.93. The number of carbonyl (C=O) groups is 1. The number of hydrogen-bond donors (Lipinski definition) is 1. The molecule has 1 aromatic heterocycles. The number of anilines is 1. The maximum atomic E-state index is 13.3. The molecule has 0 fully saturated rings. The number of carbonyl (C=O) groups excluding carboxylic acids is 1. The third-order valence-corrected chi connectivity index (χ3v) is 9.38. The van der Waals surface area contributed by atoms with Gasteiger partial charge in [0.2, 0.25) is 0 Å². The highest BCUT2D eigenvalue weighted by Crippen LogP contribution is 2.32. The summed E-state index contributed by atoms with van der Waals surface area (Å²) in [5, 5.41) is 5.13. The first-order valence-corrected chi connectivity index (χ1v) is 13.5. The summed E-state index contributed by atoms with van der Waals surface area (Å²) in [5.74, 6) is -0.256. The summed E-state index contributed by atoms with van der Waals surface area (Å²) in [6.45, 7) is 4.92. The van der Waals surface area contributed by atoms with Gasteiger partial charge in [-0.15, -0.1) is 11.3 Å². The Morgan fingerprint density at radius 3 is 2.79 bits per heavy atom. The first kappa shape index (κ1) is 22.1. The summed E-state index contributed by atoms with van der Waals surface area (Å²) < 4.78 is 28.1. The molecule has 2 aliphatic rings. The summed E-state index contributed by atoms with van der Waals surface area (Å²) >= 11 is 1.81. The molecule has 3 aromatic rings. The van der Waals surface area contributed by atoms with Gasteiger partial charge in [0.25, 0.3) is 15.9 Å². The largest absolute Gasteiger partial charge is 0.350 e. The zero-order valence-electron chi connectivity index (χ0n) is 18.5. The van der Waals surface area contributed by atoms with Crippen LogP contribution in [-0.2, 0) is 29.4 Å². The zero-order chi connectivity index (χ0) is 23.0. The Balaban J connectivity index is 1.26. The Morgan fingerprint density at radius 2 is 1.91 bits per heavy atom. The van der Waals surface area contributed by atoms with E-state index in [-0.39, 0.29) is 16.8 Å². The number of para-hydroxylation sites is 1. The lowest BCUT2D eigenvalue weighted by Crippen LogP contribution is -2.44. The molecule has 8 heteroatoms. The Morgan fingerprint density at radius 1 is 1.06 bits per heavy atom. The van der Waals surface area contributed by atoms with Gasteiger partial charge in [0.1, 0.15) is 0 Å². The molecule has 5 rings (SSSR count). The number of thiophene rings is 1. The van der Waals surface area contributed by atoms with Gasteiger partial charge in [-0.2, -0.15) is 0 Å². The topological polar surface area (TPSA) is 69.7 Å². The van der Waals surface area contributed by atoms with Crippen LogP contribution in [0.4, 0.5) is 5.69 Å². The van der Waals surface area contributed by atoms with Crippen molar-refractivity contribution in [2.45, 2.75) is 37.2 Å². The van der Waals surface area contributed by atoms with Crippen molar-refractivity contribution in [2.75, 3.05) is 23.9 Å². The molecule has 0 aliphatic carbocycles. The molecular formula is C25H27N3O3S2. The third kappa shape index (κ3) is 4.30. The van der Waals surface area contributed by atoms with Crippen LogP contribution in [-0.4, -0.2) is 44.9 Å². The van der Waals surface area contributed by atoms with Gasteiger partial charge >= 0.3 is 0 Å². The Kier molecular flexibility index (Phi) is 5.99. The van der Waals surface area contributed by atoms with Crippen LogP contribution in [0.15, 0.2) is 64.9 Å². The maximum absolute atomic E-state index is 13.3. The minimum Gasteiger partial charge on any atom is -0.350 e. The van der Waals surface area contributed by atoms with Gasteiger partial charge in [-0.05, 0) is 66.6 Å². The van der Waals surface area contributed by atoms with Crippen LogP contribution in [0.5, 0.6) is 0 Å². The van der Waals surface area contributed by atoms with E-state index in [0.29, 0.717) is 25.1 Å². The second-order valence-electron chi connectivity index (χ2n) is 8.63. The van der Waals surface area contributed by atoms with E-state index in [1.807, 2.05) is 35.6 Å². The number of sulfonamides is 1. The fourth-order valence-electron chi connectivity index (χ4n) is 4.60. The van der Waals surface area contributed by atoms with Crippen LogP contribution in [0.25, 0.3) is 0 Å². The first-order valence-electron chi connectivity index (χ1n) is 11.2. The molecule has 1 unspecified atom stereocenters. The van der Waals surface area contributed by atoms with Crippen molar-refractivity contribution in [2.24, 2.45) is 0 Å². The average molecular weight is 482 g/mol. The van der Waals surface area contributed by atoms with E-state index in [1.54, 1.807) is 18.2 Å². The molecule has 33 heavy (non-hydrogen) atoms. The quantitative estimate of drug-likeness (QED) is 0.583. The molecular weight excluding hydrogens is 454 g/mol. The van der Waals surface area contributed by atoms with Gasteiger partial charge in [-0.25, -0.2) is 8.42 Å². The van der Waals surface area contributed by atoms with Gasteiger partial charge < -0.3 is 5.32 Å². The standard InChI is InChI=1S/C25H27N3O3S2/c1-18(27-12-10-24-21(17-27)11-14-32-24)16-26-25(29)20-6-4-7-22(15-20)33(30,31)28-13-9-19-5-2-3-8-23(19)28/h2-8,11,14-15,18H,9-10,12-13,16-17H2,1H3,(H,26,29). The van der Waals surface area contributed by atoms with E-state index >= 15 is 0 Å². The van der Waals surface area contributed by atoms with Crippen molar-refractivity contribution in [1.82, 2.24) is 10.2 Å². The Bertz CT molecular complexity index is 1290. The number of nitrogens with one attached hydrogen (secondary N) is 1. The monoisotopic (exact) mass is 481 g/mol. The maximum Gasteiger partial charge on any atom is 0.264 e. The third-order valence-electron chi connectivity index (χ3n) is 6.55. The molecule has 172 valence electrons. The van der Waals surface area contributed by atoms with E-state index in [4.69, 9.17) is 0 Å². The fraction of sp³-hybridized carbons (Fsp3) is 0.320. The molecule has 2 aromatic carbocycles. The van der Waals surface area contributed by atoms with Crippen molar-refractivity contribution in [1.29, 1.82) is 0 Å². The Hall–Kier alpha value is -2.68.